The second-order valence-electron chi connectivity index (χ2n) is 2.24. The van der Waals surface area contributed by atoms with Crippen LogP contribution >= 0.6 is 0 Å². The number of nitrogens with one attached hydrogen (secondary N) is 1. The van der Waals surface area contributed by atoms with Crippen LogP contribution in [0.3, 0.4) is 0 Å². The number of aromatic nitrogens is 1. The van der Waals surface area contributed by atoms with E-state index in [1.54, 1.807) is 0 Å². The lowest BCUT2D eigenvalue weighted by molar-refractivity contribution is 0.832. The fourth-order valence-electron chi connectivity index (χ4n) is 0.949. The lowest BCUT2D eigenvalue weighted by Crippen LogP contribution is -2.02. The van der Waals surface area contributed by atoms with Gasteiger partial charge in [0.15, 0.2) is 0 Å². The summed E-state index contributed by atoms with van der Waals surface area (Å²) in [6.07, 6.45) is 1.82. The van der Waals surface area contributed by atoms with Crippen LogP contribution in [0.4, 0.5) is 0 Å². The van der Waals surface area contributed by atoms with E-state index >= 15 is 0 Å². The Balaban J connectivity index is 2.29. The third kappa shape index (κ3) is 1.46. The number of nitrogens with zero attached hydrogens (tertiary/aromatic N) is 2. The first-order chi connectivity index (χ1) is 5.47. The van der Waals surface area contributed by atoms with Crippen molar-refractivity contribution in [2.75, 3.05) is 12.3 Å². The zero-order valence-electron chi connectivity index (χ0n) is 6.03. The molecule has 0 aliphatic carbocycles. The van der Waals surface area contributed by atoms with Crippen LogP contribution in [-0.4, -0.2) is 17.3 Å². The summed E-state index contributed by atoms with van der Waals surface area (Å²) in [7, 11) is 0.0121. The minimum atomic E-state index is 0.0121. The first kappa shape index (κ1) is 6.94. The smallest absolute Gasteiger partial charge is 0.108 e. The first-order valence-electron chi connectivity index (χ1n) is 3.52. The molecule has 0 fully saturated rings. The predicted octanol–water partition coefficient (Wildman–Crippen LogP) is 0.761. The highest BCUT2D eigenvalue weighted by molar-refractivity contribution is 7.87. The Morgan fingerprint density at radius 3 is 3.09 bits per heavy atom. The highest BCUT2D eigenvalue weighted by atomic mass is 32.2. The van der Waals surface area contributed by atoms with E-state index in [-0.39, 0.29) is 10.7 Å². The van der Waals surface area contributed by atoms with Crippen LogP contribution in [0.2, 0.25) is 0 Å². The van der Waals surface area contributed by atoms with Crippen molar-refractivity contribution in [3.8, 4) is 0 Å². The average Bonchev–Trinajstić information content (AvgIpc) is 2.58. The fourth-order valence-corrected chi connectivity index (χ4v) is 2.29. The monoisotopic (exact) mass is 167 g/mol. The number of pyridine rings is 1. The van der Waals surface area contributed by atoms with Gasteiger partial charge in [-0.2, -0.15) is 4.47 Å². The van der Waals surface area contributed by atoms with Crippen LogP contribution in [0.1, 0.15) is 0 Å². The van der Waals surface area contributed by atoms with Crippen molar-refractivity contribution in [2.45, 2.75) is 5.03 Å². The number of rotatable bonds is 1. The van der Waals surface area contributed by atoms with E-state index < -0.39 is 0 Å². The molecule has 1 N–H and O–H groups in total. The van der Waals surface area contributed by atoms with Crippen molar-refractivity contribution in [3.05, 3.63) is 24.4 Å². The van der Waals surface area contributed by atoms with Gasteiger partial charge < -0.3 is 0 Å². The Morgan fingerprint density at radius 1 is 1.45 bits per heavy atom. The van der Waals surface area contributed by atoms with Crippen LogP contribution < -0.4 is 5.43 Å². The summed E-state index contributed by atoms with van der Waals surface area (Å²) in [5.41, 5.74) is 2.97. The topological polar surface area (TPSA) is 37.3 Å². The molecule has 0 saturated heterocycles. The van der Waals surface area contributed by atoms with Crippen LogP contribution in [0, 0.1) is 0 Å². The number of hydrogen-bond acceptors (Lipinski definition) is 3. The molecular weight excluding hydrogens is 158 g/mol. The van der Waals surface area contributed by atoms with Gasteiger partial charge in [0, 0.05) is 18.5 Å². The third-order valence-corrected chi connectivity index (χ3v) is 3.13. The molecule has 0 amide bonds. The van der Waals surface area contributed by atoms with Crippen LogP contribution in [0.5, 0.6) is 0 Å². The summed E-state index contributed by atoms with van der Waals surface area (Å²) in [5.74, 6) is 1.09. The molecule has 11 heavy (non-hydrogen) atoms. The Labute approximate surface area is 67.9 Å². The largest absolute Gasteiger partial charge is 0.249 e. The summed E-state index contributed by atoms with van der Waals surface area (Å²) in [6, 6.07) is 5.96. The predicted molar refractivity (Wildman–Crippen MR) is 45.2 cm³/mol. The van der Waals surface area contributed by atoms with Crippen molar-refractivity contribution in [3.63, 3.8) is 0 Å². The van der Waals surface area contributed by atoms with Gasteiger partial charge in [0.05, 0.1) is 0 Å². The average molecular weight is 167 g/mol. The maximum atomic E-state index is 4.24. The fraction of sp³-hybridized carbons (Fsp3) is 0.286. The molecule has 0 saturated carbocycles. The van der Waals surface area contributed by atoms with Gasteiger partial charge >= 0.3 is 0 Å². The lowest BCUT2D eigenvalue weighted by atomic mass is 10.5. The van der Waals surface area contributed by atoms with E-state index in [0.717, 1.165) is 17.3 Å². The van der Waals surface area contributed by atoms with E-state index in [1.165, 1.54) is 0 Å². The highest BCUT2D eigenvalue weighted by Crippen LogP contribution is 2.06. The summed E-state index contributed by atoms with van der Waals surface area (Å²) < 4.78 is 4.22. The molecular formula is C7H9N3S. The van der Waals surface area contributed by atoms with Gasteiger partial charge in [-0.3, -0.25) is 0 Å². The van der Waals surface area contributed by atoms with Crippen molar-refractivity contribution >= 4 is 10.7 Å². The molecule has 58 valence electrons. The van der Waals surface area contributed by atoms with E-state index in [2.05, 4.69) is 14.9 Å². The second kappa shape index (κ2) is 3.11. The van der Waals surface area contributed by atoms with Crippen LogP contribution in [-0.2, 0) is 10.7 Å². The van der Waals surface area contributed by atoms with Gasteiger partial charge in [-0.15, -0.1) is 0 Å². The summed E-state index contributed by atoms with van der Waals surface area (Å²) in [4.78, 5) is 4.24. The SMILES string of the molecule is c1ccc(S2=NNCC2)nc1. The Bertz CT molecular complexity index is 270. The molecule has 1 aliphatic rings. The molecule has 3 nitrogen and oxygen atoms in total. The summed E-state index contributed by atoms with van der Waals surface area (Å²) >= 11 is 0. The Morgan fingerprint density at radius 2 is 2.45 bits per heavy atom. The van der Waals surface area contributed by atoms with Gasteiger partial charge in [0.2, 0.25) is 0 Å². The van der Waals surface area contributed by atoms with Gasteiger partial charge in [-0.05, 0) is 22.8 Å². The molecule has 1 aromatic heterocycles. The zero-order valence-corrected chi connectivity index (χ0v) is 6.84. The summed E-state index contributed by atoms with van der Waals surface area (Å²) in [5, 5.41) is 1.09. The molecule has 0 radical (unpaired) electrons. The van der Waals surface area contributed by atoms with E-state index in [0.29, 0.717) is 0 Å². The van der Waals surface area contributed by atoms with Crippen molar-refractivity contribution < 1.29 is 0 Å². The standard InChI is InChI=1S/C7H9N3S/c1-2-4-8-7(3-1)11-6-5-9-10-11/h1-4,9H,5-6H2. The molecule has 1 aliphatic heterocycles. The molecule has 1 aromatic rings. The van der Waals surface area contributed by atoms with Crippen LogP contribution in [0.25, 0.3) is 0 Å². The molecule has 1 unspecified atom stereocenters. The minimum absolute atomic E-state index is 0.0121. The molecule has 0 bridgehead atoms. The van der Waals surface area contributed by atoms with E-state index in [9.17, 15) is 0 Å². The number of hydrogen-bond donors (Lipinski definition) is 1. The minimum Gasteiger partial charge on any atom is -0.249 e. The maximum Gasteiger partial charge on any atom is 0.108 e. The highest BCUT2D eigenvalue weighted by Gasteiger charge is 2.06. The quantitative estimate of drug-likeness (QED) is 0.670. The lowest BCUT2D eigenvalue weighted by Gasteiger charge is -1.96. The summed E-state index contributed by atoms with van der Waals surface area (Å²) in [6.45, 7) is 0.986. The van der Waals surface area contributed by atoms with E-state index in [4.69, 9.17) is 0 Å². The first-order valence-corrected chi connectivity index (χ1v) is 4.87. The van der Waals surface area contributed by atoms with Crippen molar-refractivity contribution in [2.24, 2.45) is 4.47 Å². The maximum absolute atomic E-state index is 4.24. The second-order valence-corrected chi connectivity index (χ2v) is 3.97. The Hall–Kier alpha value is -0.740. The van der Waals surface area contributed by atoms with Gasteiger partial charge in [-0.1, -0.05) is 6.07 Å². The molecule has 0 spiro atoms. The molecule has 1 atom stereocenters. The van der Waals surface area contributed by atoms with Gasteiger partial charge in [0.25, 0.3) is 0 Å². The molecule has 2 rings (SSSR count). The third-order valence-electron chi connectivity index (χ3n) is 1.46. The van der Waals surface area contributed by atoms with E-state index in [1.807, 2.05) is 24.4 Å². The Kier molecular flexibility index (Phi) is 1.96. The van der Waals surface area contributed by atoms with Crippen molar-refractivity contribution in [1.29, 1.82) is 0 Å². The zero-order chi connectivity index (χ0) is 7.52. The molecule has 0 aromatic carbocycles. The molecule has 4 heteroatoms. The van der Waals surface area contributed by atoms with Crippen molar-refractivity contribution in [1.82, 2.24) is 10.4 Å². The molecule has 2 heterocycles. The normalized spacial score (nSPS) is 23.1. The van der Waals surface area contributed by atoms with Gasteiger partial charge in [-0.25, -0.2) is 10.4 Å². The van der Waals surface area contributed by atoms with Gasteiger partial charge in [0.1, 0.15) is 5.03 Å². The van der Waals surface area contributed by atoms with Crippen LogP contribution in [0.15, 0.2) is 33.9 Å².